The lowest BCUT2D eigenvalue weighted by molar-refractivity contribution is 0.0740. The van der Waals surface area contributed by atoms with Gasteiger partial charge in [0.1, 0.15) is 11.5 Å². The molecule has 0 saturated carbocycles. The topological polar surface area (TPSA) is 82.8 Å². The van der Waals surface area contributed by atoms with Gasteiger partial charge in [0.05, 0.1) is 25.3 Å². The SMILES string of the molecule is CN(C)C(=O)N1Cc2nc(C(=O)N(C)Cc3ccccn3)oc2C1. The summed E-state index contributed by atoms with van der Waals surface area (Å²) in [6.45, 7) is 1.06. The minimum absolute atomic E-state index is 0.0513. The summed E-state index contributed by atoms with van der Waals surface area (Å²) in [4.78, 5) is 37.4. The third-order valence-electron chi connectivity index (χ3n) is 3.76. The summed E-state index contributed by atoms with van der Waals surface area (Å²) in [6.07, 6.45) is 1.68. The van der Waals surface area contributed by atoms with E-state index in [0.717, 1.165) is 5.69 Å². The Labute approximate surface area is 139 Å². The van der Waals surface area contributed by atoms with Gasteiger partial charge in [-0.15, -0.1) is 0 Å². The largest absolute Gasteiger partial charge is 0.435 e. The monoisotopic (exact) mass is 329 g/mol. The molecule has 0 atom stereocenters. The second-order valence-electron chi connectivity index (χ2n) is 5.90. The van der Waals surface area contributed by atoms with Crippen LogP contribution in [0.1, 0.15) is 27.8 Å². The molecule has 8 nitrogen and oxygen atoms in total. The van der Waals surface area contributed by atoms with Gasteiger partial charge in [-0.2, -0.15) is 0 Å². The molecule has 2 aromatic rings. The fraction of sp³-hybridized carbons (Fsp3) is 0.375. The van der Waals surface area contributed by atoms with Gasteiger partial charge in [0.25, 0.3) is 5.89 Å². The molecule has 3 heterocycles. The van der Waals surface area contributed by atoms with Gasteiger partial charge in [0.15, 0.2) is 0 Å². The van der Waals surface area contributed by atoms with Gasteiger partial charge in [0, 0.05) is 27.3 Å². The van der Waals surface area contributed by atoms with Crippen molar-refractivity contribution in [2.45, 2.75) is 19.6 Å². The quantitative estimate of drug-likeness (QED) is 0.848. The van der Waals surface area contributed by atoms with Crippen LogP contribution in [0, 0.1) is 0 Å². The first-order valence-electron chi connectivity index (χ1n) is 7.56. The van der Waals surface area contributed by atoms with E-state index in [1.54, 1.807) is 32.2 Å². The molecule has 0 radical (unpaired) electrons. The summed E-state index contributed by atoms with van der Waals surface area (Å²) in [5, 5.41) is 0. The number of carbonyl (C=O) groups excluding carboxylic acids is 2. The summed E-state index contributed by atoms with van der Waals surface area (Å²) in [5.41, 5.74) is 1.43. The van der Waals surface area contributed by atoms with Crippen LogP contribution in [0.2, 0.25) is 0 Å². The predicted molar refractivity (Wildman–Crippen MR) is 84.9 cm³/mol. The summed E-state index contributed by atoms with van der Waals surface area (Å²) >= 11 is 0. The number of amides is 3. The first kappa shape index (κ1) is 16.0. The second kappa shape index (κ2) is 6.31. The fourth-order valence-corrected chi connectivity index (χ4v) is 2.52. The highest BCUT2D eigenvalue weighted by molar-refractivity contribution is 5.89. The van der Waals surface area contributed by atoms with Gasteiger partial charge >= 0.3 is 11.9 Å². The Morgan fingerprint density at radius 1 is 1.25 bits per heavy atom. The highest BCUT2D eigenvalue weighted by Crippen LogP contribution is 2.24. The number of pyridine rings is 1. The molecule has 1 aliphatic rings. The van der Waals surface area contributed by atoms with E-state index in [-0.39, 0.29) is 17.8 Å². The van der Waals surface area contributed by atoms with Gasteiger partial charge in [-0.05, 0) is 12.1 Å². The predicted octanol–water partition coefficient (Wildman–Crippen LogP) is 1.34. The Kier molecular flexibility index (Phi) is 4.20. The average Bonchev–Trinajstić information content (AvgIpc) is 3.12. The van der Waals surface area contributed by atoms with Crippen LogP contribution in [0.3, 0.4) is 0 Å². The van der Waals surface area contributed by atoms with E-state index in [1.807, 2.05) is 18.2 Å². The van der Waals surface area contributed by atoms with Crippen LogP contribution in [0.5, 0.6) is 0 Å². The van der Waals surface area contributed by atoms with Crippen LogP contribution < -0.4 is 0 Å². The van der Waals surface area contributed by atoms with Gasteiger partial charge in [-0.1, -0.05) is 6.07 Å². The molecule has 3 amide bonds. The lowest BCUT2D eigenvalue weighted by atomic mass is 10.3. The Morgan fingerprint density at radius 3 is 2.67 bits per heavy atom. The Balaban J connectivity index is 1.67. The van der Waals surface area contributed by atoms with E-state index in [1.165, 1.54) is 9.80 Å². The molecule has 3 rings (SSSR count). The van der Waals surface area contributed by atoms with Crippen molar-refractivity contribution in [3.05, 3.63) is 47.4 Å². The lowest BCUT2D eigenvalue weighted by Crippen LogP contribution is -2.35. The fourth-order valence-electron chi connectivity index (χ4n) is 2.52. The Hall–Kier alpha value is -2.90. The molecule has 0 fully saturated rings. The number of fused-ring (bicyclic) bond motifs is 1. The number of oxazole rings is 1. The number of carbonyl (C=O) groups is 2. The number of nitrogens with zero attached hydrogens (tertiary/aromatic N) is 5. The molecule has 0 saturated heterocycles. The summed E-state index contributed by atoms with van der Waals surface area (Å²) in [5.74, 6) is 0.315. The first-order valence-corrected chi connectivity index (χ1v) is 7.56. The standard InChI is InChI=1S/C16H19N5O3/c1-19(2)16(23)21-9-12-13(10-21)24-14(18-12)15(22)20(3)8-11-6-4-5-7-17-11/h4-7H,8-10H2,1-3H3. The van der Waals surface area contributed by atoms with Gasteiger partial charge < -0.3 is 19.1 Å². The zero-order valence-electron chi connectivity index (χ0n) is 13.9. The van der Waals surface area contributed by atoms with Crippen molar-refractivity contribution in [3.63, 3.8) is 0 Å². The van der Waals surface area contributed by atoms with Crippen molar-refractivity contribution in [1.29, 1.82) is 0 Å². The van der Waals surface area contributed by atoms with E-state index >= 15 is 0 Å². The molecule has 126 valence electrons. The van der Waals surface area contributed by atoms with Crippen molar-refractivity contribution in [2.75, 3.05) is 21.1 Å². The third kappa shape index (κ3) is 3.08. The molecule has 0 unspecified atom stereocenters. The molecular weight excluding hydrogens is 310 g/mol. The number of rotatable bonds is 3. The van der Waals surface area contributed by atoms with Crippen molar-refractivity contribution in [3.8, 4) is 0 Å². The van der Waals surface area contributed by atoms with Crippen molar-refractivity contribution >= 4 is 11.9 Å². The number of hydrogen-bond acceptors (Lipinski definition) is 5. The highest BCUT2D eigenvalue weighted by atomic mass is 16.4. The van der Waals surface area contributed by atoms with Crippen LogP contribution in [0.25, 0.3) is 0 Å². The summed E-state index contributed by atoms with van der Waals surface area (Å²) < 4.78 is 5.57. The molecule has 8 heteroatoms. The maximum atomic E-state index is 12.4. The first-order chi connectivity index (χ1) is 11.5. The third-order valence-corrected chi connectivity index (χ3v) is 3.76. The van der Waals surface area contributed by atoms with Crippen molar-refractivity contribution in [1.82, 2.24) is 24.7 Å². The van der Waals surface area contributed by atoms with E-state index in [2.05, 4.69) is 9.97 Å². The lowest BCUT2D eigenvalue weighted by Gasteiger charge is -2.20. The minimum Gasteiger partial charge on any atom is -0.435 e. The normalized spacial score (nSPS) is 12.9. The van der Waals surface area contributed by atoms with Crippen LogP contribution in [-0.4, -0.2) is 57.7 Å². The van der Waals surface area contributed by atoms with Gasteiger partial charge in [-0.3, -0.25) is 9.78 Å². The van der Waals surface area contributed by atoms with Crippen LogP contribution in [0.15, 0.2) is 28.8 Å². The van der Waals surface area contributed by atoms with Gasteiger partial charge in [0.2, 0.25) is 0 Å². The maximum absolute atomic E-state index is 12.4. The number of urea groups is 1. The highest BCUT2D eigenvalue weighted by Gasteiger charge is 2.31. The molecule has 0 bridgehead atoms. The second-order valence-corrected chi connectivity index (χ2v) is 5.90. The van der Waals surface area contributed by atoms with Crippen molar-refractivity contribution in [2.24, 2.45) is 0 Å². The number of aromatic nitrogens is 2. The number of hydrogen-bond donors (Lipinski definition) is 0. The van der Waals surface area contributed by atoms with Crippen LogP contribution in [0.4, 0.5) is 4.79 Å². The molecule has 0 N–H and O–H groups in total. The zero-order chi connectivity index (χ0) is 17.3. The average molecular weight is 329 g/mol. The van der Waals surface area contributed by atoms with E-state index in [4.69, 9.17) is 4.42 Å². The van der Waals surface area contributed by atoms with E-state index in [0.29, 0.717) is 31.1 Å². The van der Waals surface area contributed by atoms with E-state index in [9.17, 15) is 9.59 Å². The maximum Gasteiger partial charge on any atom is 0.320 e. The summed E-state index contributed by atoms with van der Waals surface area (Å²) in [6, 6.07) is 5.44. The smallest absolute Gasteiger partial charge is 0.320 e. The van der Waals surface area contributed by atoms with Crippen LogP contribution >= 0.6 is 0 Å². The van der Waals surface area contributed by atoms with Crippen molar-refractivity contribution < 1.29 is 14.0 Å². The molecule has 24 heavy (non-hydrogen) atoms. The Bertz CT molecular complexity index is 733. The van der Waals surface area contributed by atoms with Gasteiger partial charge in [-0.25, -0.2) is 9.78 Å². The zero-order valence-corrected chi connectivity index (χ0v) is 13.9. The Morgan fingerprint density at radius 2 is 2.04 bits per heavy atom. The molecule has 1 aliphatic heterocycles. The van der Waals surface area contributed by atoms with E-state index < -0.39 is 0 Å². The minimum atomic E-state index is -0.305. The molecular formula is C16H19N5O3. The molecule has 2 aromatic heterocycles. The molecule has 0 spiro atoms. The molecule has 0 aliphatic carbocycles. The summed E-state index contributed by atoms with van der Waals surface area (Å²) in [7, 11) is 5.06. The van der Waals surface area contributed by atoms with Crippen LogP contribution in [-0.2, 0) is 19.6 Å². The molecule has 0 aromatic carbocycles.